The molecule has 0 atom stereocenters. The predicted octanol–water partition coefficient (Wildman–Crippen LogP) is 2.26. The third-order valence-corrected chi connectivity index (χ3v) is 2.71. The van der Waals surface area contributed by atoms with E-state index in [0.717, 1.165) is 5.96 Å². The Morgan fingerprint density at radius 1 is 1.19 bits per heavy atom. The summed E-state index contributed by atoms with van der Waals surface area (Å²) in [6, 6.07) is 7.10. The van der Waals surface area contributed by atoms with Crippen molar-refractivity contribution in [3.8, 4) is 0 Å². The first kappa shape index (κ1) is 20.0. The predicted molar refractivity (Wildman–Crippen MR) is 98.8 cm³/mol. The molecule has 0 aliphatic heterocycles. The fourth-order valence-electron chi connectivity index (χ4n) is 1.53. The molecule has 1 aromatic rings. The first-order valence-corrected chi connectivity index (χ1v) is 6.91. The SMILES string of the molecule is CN=C(NCCNC(=O)c1ccc(Cl)cc1)NC(C)C.I. The molecule has 0 bridgehead atoms. The quantitative estimate of drug-likeness (QED) is 0.294. The number of guanidine groups is 1. The number of hydrogen-bond donors (Lipinski definition) is 3. The molecule has 1 amide bonds. The van der Waals surface area contributed by atoms with Crippen LogP contribution in [-0.4, -0.2) is 38.0 Å². The number of aliphatic imine (C=N–C) groups is 1. The van der Waals surface area contributed by atoms with Gasteiger partial charge in [0.1, 0.15) is 0 Å². The van der Waals surface area contributed by atoms with Crippen molar-refractivity contribution in [3.63, 3.8) is 0 Å². The molecule has 0 fully saturated rings. The minimum Gasteiger partial charge on any atom is -0.355 e. The summed E-state index contributed by atoms with van der Waals surface area (Å²) < 4.78 is 0. The van der Waals surface area contributed by atoms with Crippen LogP contribution in [0.3, 0.4) is 0 Å². The Kier molecular flexibility index (Phi) is 10.2. The van der Waals surface area contributed by atoms with E-state index in [0.29, 0.717) is 29.7 Å². The molecular weight excluding hydrogens is 403 g/mol. The van der Waals surface area contributed by atoms with Crippen LogP contribution in [0.5, 0.6) is 0 Å². The van der Waals surface area contributed by atoms with Gasteiger partial charge < -0.3 is 16.0 Å². The monoisotopic (exact) mass is 424 g/mol. The second-order valence-electron chi connectivity index (χ2n) is 4.56. The maximum atomic E-state index is 11.8. The lowest BCUT2D eigenvalue weighted by Gasteiger charge is -2.14. The molecule has 1 aromatic carbocycles. The van der Waals surface area contributed by atoms with Gasteiger partial charge in [-0.15, -0.1) is 24.0 Å². The number of carbonyl (C=O) groups is 1. The third kappa shape index (κ3) is 8.11. The van der Waals surface area contributed by atoms with Gasteiger partial charge in [0.05, 0.1) is 0 Å². The average molecular weight is 425 g/mol. The average Bonchev–Trinajstić information content (AvgIpc) is 2.42. The van der Waals surface area contributed by atoms with Gasteiger partial charge in [-0.1, -0.05) is 11.6 Å². The second kappa shape index (κ2) is 10.7. The zero-order valence-corrected chi connectivity index (χ0v) is 15.5. The van der Waals surface area contributed by atoms with E-state index < -0.39 is 0 Å². The lowest BCUT2D eigenvalue weighted by Crippen LogP contribution is -2.44. The highest BCUT2D eigenvalue weighted by Crippen LogP contribution is 2.08. The van der Waals surface area contributed by atoms with E-state index in [-0.39, 0.29) is 29.9 Å². The number of nitrogens with one attached hydrogen (secondary N) is 3. The molecule has 7 heteroatoms. The van der Waals surface area contributed by atoms with E-state index in [1.54, 1.807) is 31.3 Å². The van der Waals surface area contributed by atoms with Crippen LogP contribution in [0.15, 0.2) is 29.3 Å². The van der Waals surface area contributed by atoms with Gasteiger partial charge >= 0.3 is 0 Å². The Hall–Kier alpha value is -1.02. The molecule has 0 saturated heterocycles. The number of rotatable bonds is 5. The Labute approximate surface area is 148 Å². The number of amides is 1. The summed E-state index contributed by atoms with van der Waals surface area (Å²) in [7, 11) is 1.71. The van der Waals surface area contributed by atoms with E-state index in [4.69, 9.17) is 11.6 Å². The number of halogens is 2. The van der Waals surface area contributed by atoms with Crippen molar-refractivity contribution in [1.82, 2.24) is 16.0 Å². The molecule has 0 heterocycles. The van der Waals surface area contributed by atoms with Crippen molar-refractivity contribution in [2.45, 2.75) is 19.9 Å². The molecule has 0 aliphatic rings. The summed E-state index contributed by atoms with van der Waals surface area (Å²) in [5.74, 6) is 0.607. The van der Waals surface area contributed by atoms with Gasteiger partial charge in [0, 0.05) is 36.8 Å². The summed E-state index contributed by atoms with van der Waals surface area (Å²) in [6.07, 6.45) is 0. The highest BCUT2D eigenvalue weighted by Gasteiger charge is 2.04. The lowest BCUT2D eigenvalue weighted by molar-refractivity contribution is 0.0954. The minimum atomic E-state index is -0.115. The number of carbonyl (C=O) groups excluding carboxylic acids is 1. The van der Waals surface area contributed by atoms with Crippen molar-refractivity contribution < 1.29 is 4.79 Å². The lowest BCUT2D eigenvalue weighted by atomic mass is 10.2. The Balaban J connectivity index is 0.00000400. The van der Waals surface area contributed by atoms with Crippen LogP contribution in [0, 0.1) is 0 Å². The molecule has 0 radical (unpaired) electrons. The van der Waals surface area contributed by atoms with E-state index in [1.807, 2.05) is 13.8 Å². The van der Waals surface area contributed by atoms with Crippen molar-refractivity contribution in [2.75, 3.05) is 20.1 Å². The van der Waals surface area contributed by atoms with Gasteiger partial charge in [-0.25, -0.2) is 0 Å². The molecule has 0 spiro atoms. The fraction of sp³-hybridized carbons (Fsp3) is 0.429. The number of benzene rings is 1. The number of hydrogen-bond acceptors (Lipinski definition) is 2. The summed E-state index contributed by atoms with van der Waals surface area (Å²) in [5.41, 5.74) is 0.596. The van der Waals surface area contributed by atoms with Crippen LogP contribution in [0.2, 0.25) is 5.02 Å². The molecule has 0 unspecified atom stereocenters. The Morgan fingerprint density at radius 3 is 2.29 bits per heavy atom. The highest BCUT2D eigenvalue weighted by atomic mass is 127. The van der Waals surface area contributed by atoms with Gasteiger partial charge in [-0.05, 0) is 38.1 Å². The van der Waals surface area contributed by atoms with Crippen LogP contribution in [0.25, 0.3) is 0 Å². The zero-order valence-electron chi connectivity index (χ0n) is 12.4. The molecular formula is C14H22ClIN4O. The van der Waals surface area contributed by atoms with E-state index >= 15 is 0 Å². The van der Waals surface area contributed by atoms with Gasteiger partial charge in [-0.3, -0.25) is 9.79 Å². The Morgan fingerprint density at radius 2 is 1.76 bits per heavy atom. The van der Waals surface area contributed by atoms with Crippen molar-refractivity contribution in [2.24, 2.45) is 4.99 Å². The summed E-state index contributed by atoms with van der Waals surface area (Å²) >= 11 is 5.77. The van der Waals surface area contributed by atoms with Crippen molar-refractivity contribution in [3.05, 3.63) is 34.9 Å². The molecule has 118 valence electrons. The Bertz CT molecular complexity index is 463. The van der Waals surface area contributed by atoms with Crippen molar-refractivity contribution >= 4 is 47.4 Å². The van der Waals surface area contributed by atoms with E-state index in [2.05, 4.69) is 20.9 Å². The fourth-order valence-corrected chi connectivity index (χ4v) is 1.65. The van der Waals surface area contributed by atoms with Crippen LogP contribution in [0.1, 0.15) is 24.2 Å². The smallest absolute Gasteiger partial charge is 0.251 e. The minimum absolute atomic E-state index is 0. The first-order chi connectivity index (χ1) is 9.52. The molecule has 0 aromatic heterocycles. The van der Waals surface area contributed by atoms with E-state index in [1.165, 1.54) is 0 Å². The first-order valence-electron chi connectivity index (χ1n) is 6.54. The molecule has 21 heavy (non-hydrogen) atoms. The maximum absolute atomic E-state index is 11.8. The zero-order chi connectivity index (χ0) is 15.0. The maximum Gasteiger partial charge on any atom is 0.251 e. The third-order valence-electron chi connectivity index (χ3n) is 2.46. The van der Waals surface area contributed by atoms with Gasteiger partial charge in [0.15, 0.2) is 5.96 Å². The topological polar surface area (TPSA) is 65.5 Å². The molecule has 1 rings (SSSR count). The van der Waals surface area contributed by atoms with Crippen LogP contribution < -0.4 is 16.0 Å². The summed E-state index contributed by atoms with van der Waals surface area (Å²) in [5, 5.41) is 9.73. The van der Waals surface area contributed by atoms with Gasteiger partial charge in [0.2, 0.25) is 0 Å². The molecule has 3 N–H and O–H groups in total. The second-order valence-corrected chi connectivity index (χ2v) is 5.00. The highest BCUT2D eigenvalue weighted by molar-refractivity contribution is 14.0. The van der Waals surface area contributed by atoms with Gasteiger partial charge in [-0.2, -0.15) is 0 Å². The van der Waals surface area contributed by atoms with Crippen LogP contribution in [-0.2, 0) is 0 Å². The standard InChI is InChI=1S/C14H21ClN4O.HI/c1-10(2)19-14(16-3)18-9-8-17-13(20)11-4-6-12(15)7-5-11;/h4-7,10H,8-9H2,1-3H3,(H,17,20)(H2,16,18,19);1H. The van der Waals surface area contributed by atoms with Crippen LogP contribution >= 0.6 is 35.6 Å². The summed E-state index contributed by atoms with van der Waals surface area (Å²) in [4.78, 5) is 15.9. The molecule has 0 aliphatic carbocycles. The van der Waals surface area contributed by atoms with E-state index in [9.17, 15) is 4.79 Å². The summed E-state index contributed by atoms with van der Waals surface area (Å²) in [6.45, 7) is 5.19. The normalized spacial score (nSPS) is 10.8. The van der Waals surface area contributed by atoms with Gasteiger partial charge in [0.25, 0.3) is 5.91 Å². The molecule has 5 nitrogen and oxygen atoms in total. The van der Waals surface area contributed by atoms with Crippen LogP contribution in [0.4, 0.5) is 0 Å². The largest absolute Gasteiger partial charge is 0.355 e. The number of nitrogens with zero attached hydrogens (tertiary/aromatic N) is 1. The van der Waals surface area contributed by atoms with Crippen molar-refractivity contribution in [1.29, 1.82) is 0 Å². The molecule has 0 saturated carbocycles.